The Bertz CT molecular complexity index is 514. The maximum atomic E-state index is 5.59. The van der Waals surface area contributed by atoms with E-state index < -0.39 is 0 Å². The number of methoxy groups -OCH3 is 2. The van der Waals surface area contributed by atoms with Crippen molar-refractivity contribution in [1.29, 1.82) is 0 Å². The summed E-state index contributed by atoms with van der Waals surface area (Å²) in [5, 5.41) is 0. The predicted molar refractivity (Wildman–Crippen MR) is 127 cm³/mol. The van der Waals surface area contributed by atoms with Gasteiger partial charge >= 0.3 is 0 Å². The number of nitrogens with zero attached hydrogens (tertiary/aromatic N) is 2. The number of hydrogen-bond acceptors (Lipinski definition) is 6. The van der Waals surface area contributed by atoms with E-state index in [0.717, 1.165) is 57.3 Å². The Balaban J connectivity index is 1.22. The van der Waals surface area contributed by atoms with Gasteiger partial charge in [-0.25, -0.2) is 0 Å². The minimum absolute atomic E-state index is 0.275. The molecular formula is C26H48N2O4. The summed E-state index contributed by atoms with van der Waals surface area (Å²) in [5.74, 6) is 1.87. The molecule has 4 aliphatic rings. The Hall–Kier alpha value is -0.240. The van der Waals surface area contributed by atoms with E-state index in [1.165, 1.54) is 51.4 Å². The molecule has 2 aliphatic carbocycles. The minimum atomic E-state index is 0.275. The van der Waals surface area contributed by atoms with Crippen molar-refractivity contribution in [3.63, 3.8) is 0 Å². The zero-order valence-electron chi connectivity index (χ0n) is 21.0. The third-order valence-corrected chi connectivity index (χ3v) is 8.65. The van der Waals surface area contributed by atoms with Gasteiger partial charge in [0.1, 0.15) is 0 Å². The van der Waals surface area contributed by atoms with Crippen LogP contribution in [0.3, 0.4) is 0 Å². The lowest BCUT2D eigenvalue weighted by Crippen LogP contribution is -2.46. The summed E-state index contributed by atoms with van der Waals surface area (Å²) < 4.78 is 22.2. The molecule has 4 atom stereocenters. The normalized spacial score (nSPS) is 36.9. The van der Waals surface area contributed by atoms with Crippen LogP contribution in [0.15, 0.2) is 0 Å². The van der Waals surface area contributed by atoms with Crippen LogP contribution in [0.1, 0.15) is 65.2 Å². The van der Waals surface area contributed by atoms with Crippen LogP contribution >= 0.6 is 0 Å². The molecule has 6 heteroatoms. The summed E-state index contributed by atoms with van der Waals surface area (Å²) in [6, 6.07) is 1.43. The highest BCUT2D eigenvalue weighted by Gasteiger charge is 2.38. The SMILES string of the molecule is COC(C)CN(CC(C)OC)C1CCC(C2CCC(N(CC3CO3)CC3CO3)CC2)CC1. The van der Waals surface area contributed by atoms with Crippen LogP contribution in [0.5, 0.6) is 0 Å². The monoisotopic (exact) mass is 452 g/mol. The second-order valence-corrected chi connectivity index (χ2v) is 11.0. The maximum absolute atomic E-state index is 5.59. The van der Waals surface area contributed by atoms with Gasteiger partial charge in [-0.15, -0.1) is 0 Å². The molecule has 0 amide bonds. The summed E-state index contributed by atoms with van der Waals surface area (Å²) >= 11 is 0. The van der Waals surface area contributed by atoms with Gasteiger partial charge in [0, 0.05) is 52.5 Å². The van der Waals surface area contributed by atoms with E-state index in [0.29, 0.717) is 18.2 Å². The number of ether oxygens (including phenoxy) is 4. The quantitative estimate of drug-likeness (QED) is 0.398. The average Bonchev–Trinajstić information content (AvgIpc) is 3.75. The van der Waals surface area contributed by atoms with E-state index in [2.05, 4.69) is 23.6 Å². The summed E-state index contributed by atoms with van der Waals surface area (Å²) in [4.78, 5) is 5.35. The molecule has 0 aromatic rings. The standard InChI is InChI=1S/C26H48N2O4/c1-19(29-3)13-27(14-20(2)30-4)23-9-5-21(6-10-23)22-7-11-24(12-8-22)28(15-25-17-31-25)16-26-18-32-26/h19-26H,5-18H2,1-4H3. The van der Waals surface area contributed by atoms with Crippen LogP contribution in [-0.2, 0) is 18.9 Å². The van der Waals surface area contributed by atoms with Crippen molar-refractivity contribution in [3.05, 3.63) is 0 Å². The molecule has 6 nitrogen and oxygen atoms in total. The minimum Gasteiger partial charge on any atom is -0.380 e. The van der Waals surface area contributed by atoms with Gasteiger partial charge in [-0.05, 0) is 77.0 Å². The average molecular weight is 453 g/mol. The first-order valence-electron chi connectivity index (χ1n) is 13.3. The third-order valence-electron chi connectivity index (χ3n) is 8.65. The zero-order chi connectivity index (χ0) is 22.5. The molecule has 0 N–H and O–H groups in total. The van der Waals surface area contributed by atoms with Gasteiger partial charge in [0.25, 0.3) is 0 Å². The van der Waals surface area contributed by atoms with Crippen molar-refractivity contribution in [2.75, 3.05) is 53.6 Å². The van der Waals surface area contributed by atoms with Crippen LogP contribution in [0, 0.1) is 11.8 Å². The smallest absolute Gasteiger partial charge is 0.0936 e. The van der Waals surface area contributed by atoms with Gasteiger partial charge in [0.15, 0.2) is 0 Å². The molecule has 0 aromatic heterocycles. The number of hydrogen-bond donors (Lipinski definition) is 0. The van der Waals surface area contributed by atoms with Gasteiger partial charge in [-0.1, -0.05) is 0 Å². The third kappa shape index (κ3) is 7.38. The topological polar surface area (TPSA) is 50.0 Å². The number of rotatable bonds is 13. The Morgan fingerprint density at radius 1 is 0.656 bits per heavy atom. The first-order valence-corrected chi connectivity index (χ1v) is 13.3. The molecule has 32 heavy (non-hydrogen) atoms. The Morgan fingerprint density at radius 2 is 1.03 bits per heavy atom. The van der Waals surface area contributed by atoms with Gasteiger partial charge < -0.3 is 18.9 Å². The van der Waals surface area contributed by atoms with E-state index in [1.54, 1.807) is 0 Å². The Kier molecular flexibility index (Phi) is 9.28. The molecule has 0 bridgehead atoms. The van der Waals surface area contributed by atoms with Crippen molar-refractivity contribution in [1.82, 2.24) is 9.80 Å². The van der Waals surface area contributed by atoms with Crippen LogP contribution in [-0.4, -0.2) is 99.9 Å². The molecule has 0 aromatic carbocycles. The highest BCUT2D eigenvalue weighted by Crippen LogP contribution is 2.40. The van der Waals surface area contributed by atoms with E-state index in [1.807, 2.05) is 14.2 Å². The summed E-state index contributed by atoms with van der Waals surface area (Å²) in [7, 11) is 3.65. The van der Waals surface area contributed by atoms with Gasteiger partial charge in [0.2, 0.25) is 0 Å². The maximum Gasteiger partial charge on any atom is 0.0936 e. The molecule has 186 valence electrons. The van der Waals surface area contributed by atoms with E-state index in [9.17, 15) is 0 Å². The van der Waals surface area contributed by atoms with Crippen LogP contribution < -0.4 is 0 Å². The Morgan fingerprint density at radius 3 is 1.38 bits per heavy atom. The fourth-order valence-corrected chi connectivity index (χ4v) is 6.30. The molecule has 2 aliphatic heterocycles. The lowest BCUT2D eigenvalue weighted by atomic mass is 9.71. The Labute approximate surface area is 196 Å². The largest absolute Gasteiger partial charge is 0.380 e. The van der Waals surface area contributed by atoms with E-state index in [-0.39, 0.29) is 12.2 Å². The first kappa shape index (κ1) is 24.9. The van der Waals surface area contributed by atoms with Crippen molar-refractivity contribution >= 4 is 0 Å². The summed E-state index contributed by atoms with van der Waals surface area (Å²) in [6.45, 7) is 10.6. The highest BCUT2D eigenvalue weighted by molar-refractivity contribution is 4.90. The first-order chi connectivity index (χ1) is 15.6. The molecule has 2 heterocycles. The van der Waals surface area contributed by atoms with Crippen molar-refractivity contribution in [2.45, 2.75) is 102 Å². The molecule has 4 fully saturated rings. The second-order valence-electron chi connectivity index (χ2n) is 11.0. The van der Waals surface area contributed by atoms with Gasteiger partial charge in [-0.3, -0.25) is 9.80 Å². The lowest BCUT2D eigenvalue weighted by Gasteiger charge is -2.43. The zero-order valence-corrected chi connectivity index (χ0v) is 21.0. The second kappa shape index (κ2) is 11.9. The van der Waals surface area contributed by atoms with Crippen molar-refractivity contribution in [3.8, 4) is 0 Å². The highest BCUT2D eigenvalue weighted by atomic mass is 16.6. The molecule has 4 rings (SSSR count). The van der Waals surface area contributed by atoms with Crippen molar-refractivity contribution < 1.29 is 18.9 Å². The van der Waals surface area contributed by atoms with E-state index >= 15 is 0 Å². The van der Waals surface area contributed by atoms with E-state index in [4.69, 9.17) is 18.9 Å². The molecule has 0 radical (unpaired) electrons. The molecule has 2 saturated heterocycles. The molecule has 4 unspecified atom stereocenters. The van der Waals surface area contributed by atoms with Crippen LogP contribution in [0.25, 0.3) is 0 Å². The van der Waals surface area contributed by atoms with Crippen LogP contribution in [0.4, 0.5) is 0 Å². The fraction of sp³-hybridized carbons (Fsp3) is 1.00. The van der Waals surface area contributed by atoms with Crippen molar-refractivity contribution in [2.24, 2.45) is 11.8 Å². The lowest BCUT2D eigenvalue weighted by molar-refractivity contribution is 0.00553. The summed E-state index contributed by atoms with van der Waals surface area (Å²) in [5.41, 5.74) is 0. The number of epoxide rings is 2. The summed E-state index contributed by atoms with van der Waals surface area (Å²) in [6.07, 6.45) is 12.6. The van der Waals surface area contributed by atoms with Gasteiger partial charge in [0.05, 0.1) is 37.6 Å². The fourth-order valence-electron chi connectivity index (χ4n) is 6.30. The predicted octanol–water partition coefficient (Wildman–Crippen LogP) is 3.58. The molecule has 2 saturated carbocycles. The molecular weight excluding hydrogens is 404 g/mol. The van der Waals surface area contributed by atoms with Gasteiger partial charge in [-0.2, -0.15) is 0 Å². The molecule has 0 spiro atoms. The van der Waals surface area contributed by atoms with Crippen LogP contribution in [0.2, 0.25) is 0 Å².